The van der Waals surface area contributed by atoms with Crippen LogP contribution in [0.5, 0.6) is 0 Å². The van der Waals surface area contributed by atoms with Crippen LogP contribution in [0, 0.1) is 0 Å². The summed E-state index contributed by atoms with van der Waals surface area (Å²) in [5.74, 6) is 0. The molecule has 0 radical (unpaired) electrons. The largest absolute Gasteiger partial charge is 0.443 e. The SMILES string of the molecule is NC1(c2cnc(C(F)(F)F)s2)CCCOCC1. The molecule has 1 aromatic rings. The van der Waals surface area contributed by atoms with Gasteiger partial charge in [0.05, 0.1) is 5.54 Å². The highest BCUT2D eigenvalue weighted by Crippen LogP contribution is 2.38. The summed E-state index contributed by atoms with van der Waals surface area (Å²) in [6.07, 6.45) is -1.21. The van der Waals surface area contributed by atoms with Crippen LogP contribution in [0.2, 0.25) is 0 Å². The normalized spacial score (nSPS) is 26.8. The molecule has 2 rings (SSSR count). The van der Waals surface area contributed by atoms with Crippen molar-refractivity contribution in [3.63, 3.8) is 0 Å². The Morgan fingerprint density at radius 1 is 1.35 bits per heavy atom. The summed E-state index contributed by atoms with van der Waals surface area (Å²) >= 11 is 0.638. The Kier molecular flexibility index (Phi) is 3.42. The van der Waals surface area contributed by atoms with Crippen molar-refractivity contribution in [2.24, 2.45) is 5.73 Å². The molecular formula is C10H13F3N2OS. The lowest BCUT2D eigenvalue weighted by Crippen LogP contribution is -2.36. The van der Waals surface area contributed by atoms with Crippen LogP contribution >= 0.6 is 11.3 Å². The fourth-order valence-electron chi connectivity index (χ4n) is 1.85. The molecule has 1 saturated heterocycles. The number of nitrogens with zero attached hydrogens (tertiary/aromatic N) is 1. The van der Waals surface area contributed by atoms with Gasteiger partial charge in [0.15, 0.2) is 5.01 Å². The number of aromatic nitrogens is 1. The third kappa shape index (κ3) is 2.78. The first-order valence-corrected chi connectivity index (χ1v) is 6.14. The predicted molar refractivity (Wildman–Crippen MR) is 57.7 cm³/mol. The Bertz CT molecular complexity index is 383. The van der Waals surface area contributed by atoms with E-state index in [1.54, 1.807) is 0 Å². The van der Waals surface area contributed by atoms with Crippen molar-refractivity contribution in [3.05, 3.63) is 16.1 Å². The third-order valence-corrected chi connectivity index (χ3v) is 4.11. The zero-order valence-corrected chi connectivity index (χ0v) is 9.90. The second-order valence-corrected chi connectivity index (χ2v) is 5.18. The Labute approximate surface area is 101 Å². The molecular weight excluding hydrogens is 253 g/mol. The van der Waals surface area contributed by atoms with Crippen LogP contribution in [-0.4, -0.2) is 18.2 Å². The van der Waals surface area contributed by atoms with Crippen LogP contribution in [0.25, 0.3) is 0 Å². The molecule has 1 unspecified atom stereocenters. The molecule has 1 aliphatic rings. The number of halogens is 3. The Morgan fingerprint density at radius 2 is 2.12 bits per heavy atom. The van der Waals surface area contributed by atoms with Crippen molar-refractivity contribution in [1.82, 2.24) is 4.98 Å². The van der Waals surface area contributed by atoms with Gasteiger partial charge >= 0.3 is 6.18 Å². The van der Waals surface area contributed by atoms with E-state index in [1.807, 2.05) is 0 Å². The van der Waals surface area contributed by atoms with E-state index in [0.29, 0.717) is 42.3 Å². The van der Waals surface area contributed by atoms with Gasteiger partial charge in [0.25, 0.3) is 0 Å². The quantitative estimate of drug-likeness (QED) is 0.849. The van der Waals surface area contributed by atoms with Crippen molar-refractivity contribution in [2.75, 3.05) is 13.2 Å². The highest BCUT2D eigenvalue weighted by molar-refractivity contribution is 7.11. The summed E-state index contributed by atoms with van der Waals surface area (Å²) in [6, 6.07) is 0. The molecule has 1 atom stereocenters. The maximum Gasteiger partial charge on any atom is 0.443 e. The lowest BCUT2D eigenvalue weighted by Gasteiger charge is -2.25. The fourth-order valence-corrected chi connectivity index (χ4v) is 2.80. The number of alkyl halides is 3. The highest BCUT2D eigenvalue weighted by atomic mass is 32.1. The molecule has 96 valence electrons. The topological polar surface area (TPSA) is 48.1 Å². The molecule has 1 fully saturated rings. The lowest BCUT2D eigenvalue weighted by molar-refractivity contribution is -0.137. The van der Waals surface area contributed by atoms with E-state index in [2.05, 4.69) is 4.98 Å². The molecule has 1 aromatic heterocycles. The standard InChI is InChI=1S/C10H13F3N2OS/c11-10(12,13)8-15-6-7(17-8)9(14)2-1-4-16-5-3-9/h6H,1-5,14H2. The van der Waals surface area contributed by atoms with Gasteiger partial charge in [-0.25, -0.2) is 4.98 Å². The average Bonchev–Trinajstić information content (AvgIpc) is 2.64. The number of hydrogen-bond acceptors (Lipinski definition) is 4. The van der Waals surface area contributed by atoms with E-state index in [0.717, 1.165) is 6.42 Å². The van der Waals surface area contributed by atoms with Crippen molar-refractivity contribution in [3.8, 4) is 0 Å². The number of rotatable bonds is 1. The highest BCUT2D eigenvalue weighted by Gasteiger charge is 2.38. The van der Waals surface area contributed by atoms with Gasteiger partial charge in [0.1, 0.15) is 0 Å². The number of ether oxygens (including phenoxy) is 1. The molecule has 2 heterocycles. The van der Waals surface area contributed by atoms with Crippen molar-refractivity contribution < 1.29 is 17.9 Å². The fraction of sp³-hybridized carbons (Fsp3) is 0.700. The molecule has 0 aliphatic carbocycles. The minimum absolute atomic E-state index is 0.482. The Hall–Kier alpha value is -0.660. The molecule has 1 aliphatic heterocycles. The summed E-state index contributed by atoms with van der Waals surface area (Å²) in [7, 11) is 0. The molecule has 2 N–H and O–H groups in total. The summed E-state index contributed by atoms with van der Waals surface area (Å²) in [5, 5.41) is -0.831. The zero-order chi connectivity index (χ0) is 12.5. The van der Waals surface area contributed by atoms with Crippen molar-refractivity contribution >= 4 is 11.3 Å². The van der Waals surface area contributed by atoms with Crippen LogP contribution in [0.3, 0.4) is 0 Å². The summed E-state index contributed by atoms with van der Waals surface area (Å²) in [6.45, 7) is 1.10. The van der Waals surface area contributed by atoms with Gasteiger partial charge in [-0.15, -0.1) is 11.3 Å². The number of thiazole rings is 1. The van der Waals surface area contributed by atoms with Crippen LogP contribution in [0.15, 0.2) is 6.20 Å². The van der Waals surface area contributed by atoms with E-state index in [-0.39, 0.29) is 0 Å². The first kappa shape index (κ1) is 12.8. The van der Waals surface area contributed by atoms with Gasteiger partial charge in [0.2, 0.25) is 0 Å². The first-order valence-electron chi connectivity index (χ1n) is 5.32. The van der Waals surface area contributed by atoms with Crippen molar-refractivity contribution in [1.29, 1.82) is 0 Å². The van der Waals surface area contributed by atoms with Gasteiger partial charge in [-0.2, -0.15) is 13.2 Å². The minimum Gasteiger partial charge on any atom is -0.381 e. The number of nitrogens with two attached hydrogens (primary N) is 1. The molecule has 17 heavy (non-hydrogen) atoms. The second kappa shape index (κ2) is 4.55. The maximum absolute atomic E-state index is 12.5. The Balaban J connectivity index is 2.23. The van der Waals surface area contributed by atoms with E-state index in [9.17, 15) is 13.2 Å². The molecule has 0 saturated carbocycles. The summed E-state index contributed by atoms with van der Waals surface area (Å²) < 4.78 is 42.6. The molecule has 0 amide bonds. The van der Waals surface area contributed by atoms with Gasteiger partial charge in [-0.1, -0.05) is 0 Å². The van der Waals surface area contributed by atoms with Gasteiger partial charge in [-0.3, -0.25) is 0 Å². The lowest BCUT2D eigenvalue weighted by atomic mass is 9.91. The average molecular weight is 266 g/mol. The monoisotopic (exact) mass is 266 g/mol. The van der Waals surface area contributed by atoms with Gasteiger partial charge in [-0.05, 0) is 19.3 Å². The summed E-state index contributed by atoms with van der Waals surface area (Å²) in [5.41, 5.74) is 5.44. The van der Waals surface area contributed by atoms with Crippen LogP contribution in [0.4, 0.5) is 13.2 Å². The number of hydrogen-bond donors (Lipinski definition) is 1. The second-order valence-electron chi connectivity index (χ2n) is 4.15. The van der Waals surface area contributed by atoms with E-state index < -0.39 is 16.7 Å². The molecule has 0 spiro atoms. The van der Waals surface area contributed by atoms with Crippen molar-refractivity contribution in [2.45, 2.75) is 31.0 Å². The third-order valence-electron chi connectivity index (χ3n) is 2.84. The van der Waals surface area contributed by atoms with Crippen LogP contribution in [0.1, 0.15) is 29.1 Å². The minimum atomic E-state index is -4.39. The van der Waals surface area contributed by atoms with Crippen LogP contribution < -0.4 is 5.73 Å². The van der Waals surface area contributed by atoms with E-state index >= 15 is 0 Å². The molecule has 0 bridgehead atoms. The van der Waals surface area contributed by atoms with E-state index in [4.69, 9.17) is 10.5 Å². The Morgan fingerprint density at radius 3 is 2.76 bits per heavy atom. The predicted octanol–water partition coefficient (Wildman–Crippen LogP) is 2.52. The molecule has 0 aromatic carbocycles. The zero-order valence-electron chi connectivity index (χ0n) is 9.09. The maximum atomic E-state index is 12.5. The first-order chi connectivity index (χ1) is 7.92. The molecule has 7 heteroatoms. The van der Waals surface area contributed by atoms with Gasteiger partial charge < -0.3 is 10.5 Å². The molecule has 3 nitrogen and oxygen atoms in total. The van der Waals surface area contributed by atoms with Gasteiger partial charge in [0, 0.05) is 24.3 Å². The van der Waals surface area contributed by atoms with Crippen LogP contribution in [-0.2, 0) is 16.5 Å². The summed E-state index contributed by atoms with van der Waals surface area (Å²) in [4.78, 5) is 3.91. The van der Waals surface area contributed by atoms with E-state index in [1.165, 1.54) is 6.20 Å². The smallest absolute Gasteiger partial charge is 0.381 e.